The molecule has 5 nitrogen and oxygen atoms in total. The Balaban J connectivity index is 1.98. The van der Waals surface area contributed by atoms with E-state index in [1.54, 1.807) is 0 Å². The van der Waals surface area contributed by atoms with Gasteiger partial charge < -0.3 is 10.6 Å². The molecule has 0 unspecified atom stereocenters. The monoisotopic (exact) mass is 254 g/mol. The number of hydrogen-bond donors (Lipinski definition) is 2. The number of rotatable bonds is 5. The van der Waals surface area contributed by atoms with Crippen LogP contribution in [0.4, 0.5) is 5.13 Å². The van der Waals surface area contributed by atoms with E-state index in [2.05, 4.69) is 34.7 Å². The van der Waals surface area contributed by atoms with Crippen molar-refractivity contribution in [3.8, 4) is 0 Å². The van der Waals surface area contributed by atoms with Crippen LogP contribution in [0.1, 0.15) is 43.4 Å². The summed E-state index contributed by atoms with van der Waals surface area (Å²) in [5.41, 5.74) is -0.138. The van der Waals surface area contributed by atoms with Gasteiger partial charge >= 0.3 is 0 Å². The highest BCUT2D eigenvalue weighted by Gasteiger charge is 2.39. The molecule has 1 aliphatic carbocycles. The fraction of sp³-hybridized carbons (Fsp3) is 0.727. The lowest BCUT2D eigenvalue weighted by Crippen LogP contribution is -2.45. The van der Waals surface area contributed by atoms with Gasteiger partial charge in [-0.1, -0.05) is 11.3 Å². The van der Waals surface area contributed by atoms with E-state index in [4.69, 9.17) is 0 Å². The Labute approximate surface area is 105 Å². The summed E-state index contributed by atoms with van der Waals surface area (Å²) < 4.78 is 0. The zero-order valence-corrected chi connectivity index (χ0v) is 11.2. The molecule has 0 spiro atoms. The SMILES string of the molecule is CCNc1nnc(C(=O)NC(C)(C)C2CC2)s1. The van der Waals surface area contributed by atoms with E-state index in [1.807, 2.05) is 6.92 Å². The second-order valence-corrected chi connectivity index (χ2v) is 5.87. The zero-order valence-electron chi connectivity index (χ0n) is 10.4. The predicted molar refractivity (Wildman–Crippen MR) is 68.3 cm³/mol. The molecule has 6 heteroatoms. The second-order valence-electron chi connectivity index (χ2n) is 4.89. The van der Waals surface area contributed by atoms with Gasteiger partial charge in [0.05, 0.1) is 0 Å². The maximum absolute atomic E-state index is 12.0. The minimum atomic E-state index is -0.138. The first-order chi connectivity index (χ1) is 8.03. The Bertz CT molecular complexity index is 411. The number of carbonyl (C=O) groups is 1. The summed E-state index contributed by atoms with van der Waals surface area (Å²) in [6, 6.07) is 0. The van der Waals surface area contributed by atoms with E-state index >= 15 is 0 Å². The quantitative estimate of drug-likeness (QED) is 0.842. The van der Waals surface area contributed by atoms with Crippen LogP contribution in [0.5, 0.6) is 0 Å². The molecule has 1 fully saturated rings. The molecule has 1 heterocycles. The highest BCUT2D eigenvalue weighted by Crippen LogP contribution is 2.39. The molecule has 0 saturated heterocycles. The first-order valence-corrected chi connectivity index (χ1v) is 6.74. The van der Waals surface area contributed by atoms with E-state index in [0.717, 1.165) is 6.54 Å². The van der Waals surface area contributed by atoms with Crippen LogP contribution in [0.25, 0.3) is 0 Å². The lowest BCUT2D eigenvalue weighted by Gasteiger charge is -2.25. The van der Waals surface area contributed by atoms with E-state index < -0.39 is 0 Å². The van der Waals surface area contributed by atoms with Gasteiger partial charge in [0, 0.05) is 12.1 Å². The Morgan fingerprint density at radius 2 is 2.18 bits per heavy atom. The maximum Gasteiger partial charge on any atom is 0.282 e. The first kappa shape index (κ1) is 12.3. The van der Waals surface area contributed by atoms with Gasteiger partial charge in [0.2, 0.25) is 10.1 Å². The van der Waals surface area contributed by atoms with Gasteiger partial charge in [-0.3, -0.25) is 4.79 Å². The van der Waals surface area contributed by atoms with Crippen molar-refractivity contribution in [3.05, 3.63) is 5.01 Å². The van der Waals surface area contributed by atoms with Gasteiger partial charge in [0.1, 0.15) is 0 Å². The third-order valence-corrected chi connectivity index (χ3v) is 3.86. The Morgan fingerprint density at radius 3 is 2.76 bits per heavy atom. The van der Waals surface area contributed by atoms with Crippen molar-refractivity contribution in [2.45, 2.75) is 39.2 Å². The molecule has 94 valence electrons. The van der Waals surface area contributed by atoms with Crippen molar-refractivity contribution in [2.75, 3.05) is 11.9 Å². The van der Waals surface area contributed by atoms with Crippen LogP contribution in [-0.2, 0) is 0 Å². The molecule has 2 N–H and O–H groups in total. The fourth-order valence-corrected chi connectivity index (χ4v) is 2.50. The summed E-state index contributed by atoms with van der Waals surface area (Å²) in [5, 5.41) is 15.0. The van der Waals surface area contributed by atoms with Gasteiger partial charge in [-0.2, -0.15) is 0 Å². The molecular weight excluding hydrogens is 236 g/mol. The number of anilines is 1. The molecule has 0 atom stereocenters. The van der Waals surface area contributed by atoms with Crippen molar-refractivity contribution < 1.29 is 4.79 Å². The number of nitrogens with one attached hydrogen (secondary N) is 2. The maximum atomic E-state index is 12.0. The number of nitrogens with zero attached hydrogens (tertiary/aromatic N) is 2. The largest absolute Gasteiger partial charge is 0.360 e. The standard InChI is InChI=1S/C11H18N4OS/c1-4-12-10-15-14-9(17-10)8(16)13-11(2,3)7-5-6-7/h7H,4-6H2,1-3H3,(H,12,15)(H,13,16). The summed E-state index contributed by atoms with van der Waals surface area (Å²) in [6.45, 7) is 6.89. The van der Waals surface area contributed by atoms with Gasteiger partial charge in [0.25, 0.3) is 5.91 Å². The molecule has 0 aromatic carbocycles. The number of aromatic nitrogens is 2. The van der Waals surface area contributed by atoms with E-state index in [0.29, 0.717) is 16.1 Å². The molecule has 0 radical (unpaired) electrons. The minimum Gasteiger partial charge on any atom is -0.360 e. The highest BCUT2D eigenvalue weighted by molar-refractivity contribution is 7.17. The molecule has 1 aromatic heterocycles. The zero-order chi connectivity index (χ0) is 12.5. The van der Waals surface area contributed by atoms with Crippen LogP contribution in [0.15, 0.2) is 0 Å². The lowest BCUT2D eigenvalue weighted by atomic mass is 9.99. The molecular formula is C11H18N4OS. The van der Waals surface area contributed by atoms with Crippen LogP contribution >= 0.6 is 11.3 Å². The number of hydrogen-bond acceptors (Lipinski definition) is 5. The normalized spacial score (nSPS) is 15.7. The van der Waals surface area contributed by atoms with Crippen molar-refractivity contribution in [3.63, 3.8) is 0 Å². The fourth-order valence-electron chi connectivity index (χ4n) is 1.79. The Kier molecular flexibility index (Phi) is 3.33. The van der Waals surface area contributed by atoms with Crippen molar-refractivity contribution in [1.82, 2.24) is 15.5 Å². The second kappa shape index (κ2) is 4.60. The van der Waals surface area contributed by atoms with Crippen molar-refractivity contribution in [2.24, 2.45) is 5.92 Å². The molecule has 1 aliphatic rings. The third kappa shape index (κ3) is 2.94. The molecule has 2 rings (SSSR count). The van der Waals surface area contributed by atoms with Gasteiger partial charge in [0.15, 0.2) is 0 Å². The molecule has 1 aromatic rings. The topological polar surface area (TPSA) is 66.9 Å². The number of amides is 1. The Morgan fingerprint density at radius 1 is 1.47 bits per heavy atom. The van der Waals surface area contributed by atoms with E-state index in [-0.39, 0.29) is 11.4 Å². The summed E-state index contributed by atoms with van der Waals surface area (Å²) in [4.78, 5) is 12.0. The van der Waals surface area contributed by atoms with Crippen LogP contribution < -0.4 is 10.6 Å². The summed E-state index contributed by atoms with van der Waals surface area (Å²) in [5.74, 6) is 0.483. The van der Waals surface area contributed by atoms with Crippen molar-refractivity contribution >= 4 is 22.4 Å². The summed E-state index contributed by atoms with van der Waals surface area (Å²) in [6.07, 6.45) is 2.40. The van der Waals surface area contributed by atoms with E-state index in [1.165, 1.54) is 24.2 Å². The smallest absolute Gasteiger partial charge is 0.282 e. The van der Waals surface area contributed by atoms with Crippen LogP contribution in [0.3, 0.4) is 0 Å². The molecule has 0 aliphatic heterocycles. The van der Waals surface area contributed by atoms with Crippen molar-refractivity contribution in [1.29, 1.82) is 0 Å². The molecule has 1 amide bonds. The Hall–Kier alpha value is -1.17. The predicted octanol–water partition coefficient (Wildman–Crippen LogP) is 1.89. The van der Waals surface area contributed by atoms with Crippen LogP contribution in [0.2, 0.25) is 0 Å². The molecule has 17 heavy (non-hydrogen) atoms. The number of carbonyl (C=O) groups excluding carboxylic acids is 1. The van der Waals surface area contributed by atoms with E-state index in [9.17, 15) is 4.79 Å². The summed E-state index contributed by atoms with van der Waals surface area (Å²) >= 11 is 1.29. The first-order valence-electron chi connectivity index (χ1n) is 5.93. The van der Waals surface area contributed by atoms with Crippen LogP contribution in [-0.4, -0.2) is 28.2 Å². The molecule has 1 saturated carbocycles. The lowest BCUT2D eigenvalue weighted by molar-refractivity contribution is 0.0902. The van der Waals surface area contributed by atoms with Crippen LogP contribution in [0, 0.1) is 5.92 Å². The molecule has 0 bridgehead atoms. The van der Waals surface area contributed by atoms with Gasteiger partial charge in [-0.15, -0.1) is 10.2 Å². The van der Waals surface area contributed by atoms with Gasteiger partial charge in [-0.25, -0.2) is 0 Å². The minimum absolute atomic E-state index is 0.122. The average Bonchev–Trinajstić information content (AvgIpc) is 3.01. The third-order valence-electron chi connectivity index (χ3n) is 2.98. The summed E-state index contributed by atoms with van der Waals surface area (Å²) in [7, 11) is 0. The average molecular weight is 254 g/mol. The highest BCUT2D eigenvalue weighted by atomic mass is 32.1. The van der Waals surface area contributed by atoms with Gasteiger partial charge in [-0.05, 0) is 39.5 Å².